The van der Waals surface area contributed by atoms with E-state index >= 15 is 0 Å². The van der Waals surface area contributed by atoms with Crippen molar-refractivity contribution in [1.82, 2.24) is 10.2 Å². The third-order valence-corrected chi connectivity index (χ3v) is 7.60. The molecular weight excluding hydrogens is 567 g/mol. The molecule has 0 radical (unpaired) electrons. The number of hydrogen-bond donors (Lipinski definition) is 1. The Kier molecular flexibility index (Phi) is 11.0. The number of amides is 2. The summed E-state index contributed by atoms with van der Waals surface area (Å²) in [6, 6.07) is 22.3. The van der Waals surface area contributed by atoms with Gasteiger partial charge in [-0.3, -0.25) is 9.59 Å². The highest BCUT2D eigenvalue weighted by Gasteiger charge is 2.30. The van der Waals surface area contributed by atoms with Crippen molar-refractivity contribution in [3.63, 3.8) is 0 Å². The van der Waals surface area contributed by atoms with Crippen LogP contribution in [0.4, 0.5) is 0 Å². The molecule has 1 unspecified atom stereocenters. The summed E-state index contributed by atoms with van der Waals surface area (Å²) in [5.41, 5.74) is 2.74. The molecule has 2 amide bonds. The minimum atomic E-state index is -0.641. The van der Waals surface area contributed by atoms with Gasteiger partial charge in [0.1, 0.15) is 6.04 Å². The number of thioether (sulfide) groups is 1. The number of nitrogens with zero attached hydrogens (tertiary/aromatic N) is 1. The fourth-order valence-electron chi connectivity index (χ4n) is 3.63. The summed E-state index contributed by atoms with van der Waals surface area (Å²) in [5, 5.41) is 4.07. The van der Waals surface area contributed by atoms with E-state index in [0.29, 0.717) is 35.3 Å². The van der Waals surface area contributed by atoms with Crippen LogP contribution >= 0.6 is 50.9 Å². The number of carbonyl (C=O) groups excluding carboxylic acids is 2. The lowest BCUT2D eigenvalue weighted by Crippen LogP contribution is -2.51. The number of rotatable bonds is 11. The molecule has 0 saturated carbocycles. The number of carbonyl (C=O) groups is 2. The second-order valence-corrected chi connectivity index (χ2v) is 10.7. The monoisotopic (exact) mass is 592 g/mol. The molecule has 3 aromatic rings. The van der Waals surface area contributed by atoms with Gasteiger partial charge in [-0.1, -0.05) is 87.7 Å². The molecule has 35 heavy (non-hydrogen) atoms. The van der Waals surface area contributed by atoms with Crippen molar-refractivity contribution in [2.24, 2.45) is 0 Å². The predicted molar refractivity (Wildman–Crippen MR) is 150 cm³/mol. The third kappa shape index (κ3) is 8.28. The van der Waals surface area contributed by atoms with E-state index in [1.165, 1.54) is 11.8 Å². The molecule has 3 rings (SSSR count). The predicted octanol–water partition coefficient (Wildman–Crippen LogP) is 6.77. The lowest BCUT2D eigenvalue weighted by molar-refractivity contribution is -0.139. The third-order valence-electron chi connectivity index (χ3n) is 5.42. The van der Waals surface area contributed by atoms with Crippen molar-refractivity contribution in [3.05, 3.63) is 104 Å². The van der Waals surface area contributed by atoms with Gasteiger partial charge in [0.25, 0.3) is 0 Å². The van der Waals surface area contributed by atoms with Gasteiger partial charge in [-0.15, -0.1) is 11.8 Å². The van der Waals surface area contributed by atoms with Crippen molar-refractivity contribution in [3.8, 4) is 0 Å². The van der Waals surface area contributed by atoms with Crippen molar-refractivity contribution in [1.29, 1.82) is 0 Å². The average Bonchev–Trinajstić information content (AvgIpc) is 2.85. The highest BCUT2D eigenvalue weighted by molar-refractivity contribution is 9.10. The van der Waals surface area contributed by atoms with E-state index in [9.17, 15) is 9.59 Å². The quantitative estimate of drug-likeness (QED) is 0.267. The Morgan fingerprint density at radius 2 is 1.60 bits per heavy atom. The molecule has 0 heterocycles. The van der Waals surface area contributed by atoms with Crippen LogP contribution in [0.3, 0.4) is 0 Å². The molecule has 0 saturated heterocycles. The molecule has 0 aliphatic heterocycles. The molecule has 8 heteroatoms. The fraction of sp³-hybridized carbons (Fsp3) is 0.259. The number of benzene rings is 3. The number of nitrogens with one attached hydrogen (secondary N) is 1. The van der Waals surface area contributed by atoms with Gasteiger partial charge in [0, 0.05) is 39.8 Å². The standard InChI is InChI=1S/C27H27BrCl2N2O2S/c1-2-31-27(34)25(15-19-7-4-3-5-8-19)32(16-20-11-13-21(28)14-12-20)26(33)18-35-17-22-23(29)9-6-10-24(22)30/h3-14,25H,2,15-18H2,1H3,(H,31,34). The van der Waals surface area contributed by atoms with Gasteiger partial charge in [0.05, 0.1) is 5.75 Å². The zero-order valence-electron chi connectivity index (χ0n) is 19.3. The zero-order valence-corrected chi connectivity index (χ0v) is 23.3. The summed E-state index contributed by atoms with van der Waals surface area (Å²) in [7, 11) is 0. The van der Waals surface area contributed by atoms with Crippen molar-refractivity contribution >= 4 is 62.7 Å². The highest BCUT2D eigenvalue weighted by atomic mass is 79.9. The maximum atomic E-state index is 13.6. The largest absolute Gasteiger partial charge is 0.355 e. The first-order valence-electron chi connectivity index (χ1n) is 11.2. The molecular formula is C27H27BrCl2N2O2S. The normalized spacial score (nSPS) is 11.7. The Balaban J connectivity index is 1.84. The van der Waals surface area contributed by atoms with Crippen LogP contribution < -0.4 is 5.32 Å². The number of halogens is 3. The SMILES string of the molecule is CCNC(=O)C(Cc1ccccc1)N(Cc1ccc(Br)cc1)C(=O)CSCc1c(Cl)cccc1Cl. The van der Waals surface area contributed by atoms with Gasteiger partial charge >= 0.3 is 0 Å². The fourth-order valence-corrected chi connectivity index (χ4v) is 5.54. The molecule has 0 aromatic heterocycles. The Hall–Kier alpha value is -1.99. The first kappa shape index (κ1) is 27.6. The van der Waals surface area contributed by atoms with Gasteiger partial charge < -0.3 is 10.2 Å². The van der Waals surface area contributed by atoms with Crippen LogP contribution in [0, 0.1) is 0 Å². The molecule has 4 nitrogen and oxygen atoms in total. The van der Waals surface area contributed by atoms with Crippen LogP contribution in [-0.4, -0.2) is 35.1 Å². The summed E-state index contributed by atoms with van der Waals surface area (Å²) >= 11 is 17.5. The summed E-state index contributed by atoms with van der Waals surface area (Å²) in [6.45, 7) is 2.69. The average molecular weight is 594 g/mol. The smallest absolute Gasteiger partial charge is 0.243 e. The lowest BCUT2D eigenvalue weighted by Gasteiger charge is -2.31. The molecule has 0 aliphatic carbocycles. The highest BCUT2D eigenvalue weighted by Crippen LogP contribution is 2.28. The second kappa shape index (κ2) is 13.9. The Morgan fingerprint density at radius 1 is 0.943 bits per heavy atom. The van der Waals surface area contributed by atoms with Crippen LogP contribution in [0.2, 0.25) is 10.0 Å². The van der Waals surface area contributed by atoms with Crippen LogP contribution in [-0.2, 0) is 28.3 Å². The molecule has 0 aliphatic rings. The number of likely N-dealkylation sites (N-methyl/N-ethyl adjacent to an activating group) is 1. The summed E-state index contributed by atoms with van der Waals surface area (Å²) < 4.78 is 0.955. The van der Waals surface area contributed by atoms with Gasteiger partial charge in [-0.25, -0.2) is 0 Å². The Morgan fingerprint density at radius 3 is 2.23 bits per heavy atom. The molecule has 184 valence electrons. The summed E-state index contributed by atoms with van der Waals surface area (Å²) in [5.74, 6) is 0.415. The van der Waals surface area contributed by atoms with Gasteiger partial charge in [0.2, 0.25) is 11.8 Å². The molecule has 1 N–H and O–H groups in total. The van der Waals surface area contributed by atoms with Crippen molar-refractivity contribution in [2.45, 2.75) is 31.7 Å². The van der Waals surface area contributed by atoms with E-state index in [1.807, 2.05) is 61.5 Å². The van der Waals surface area contributed by atoms with Gasteiger partial charge in [-0.05, 0) is 47.9 Å². The van der Waals surface area contributed by atoms with E-state index in [2.05, 4.69) is 21.2 Å². The zero-order chi connectivity index (χ0) is 25.2. The van der Waals surface area contributed by atoms with Crippen molar-refractivity contribution < 1.29 is 9.59 Å². The summed E-state index contributed by atoms with van der Waals surface area (Å²) in [4.78, 5) is 28.4. The maximum absolute atomic E-state index is 13.6. The second-order valence-electron chi connectivity index (χ2n) is 7.94. The van der Waals surface area contributed by atoms with E-state index in [1.54, 1.807) is 23.1 Å². The van der Waals surface area contributed by atoms with E-state index in [0.717, 1.165) is 21.2 Å². The van der Waals surface area contributed by atoms with Crippen LogP contribution in [0.5, 0.6) is 0 Å². The first-order chi connectivity index (χ1) is 16.9. The molecule has 0 spiro atoms. The molecule has 1 atom stereocenters. The first-order valence-corrected chi connectivity index (χ1v) is 14.0. The molecule has 3 aromatic carbocycles. The van der Waals surface area contributed by atoms with E-state index < -0.39 is 6.04 Å². The van der Waals surface area contributed by atoms with Gasteiger partial charge in [-0.2, -0.15) is 0 Å². The van der Waals surface area contributed by atoms with E-state index in [4.69, 9.17) is 23.2 Å². The minimum Gasteiger partial charge on any atom is -0.355 e. The lowest BCUT2D eigenvalue weighted by atomic mass is 10.0. The van der Waals surface area contributed by atoms with Crippen LogP contribution in [0.1, 0.15) is 23.6 Å². The van der Waals surface area contributed by atoms with E-state index in [-0.39, 0.29) is 17.6 Å². The minimum absolute atomic E-state index is 0.117. The van der Waals surface area contributed by atoms with Crippen LogP contribution in [0.15, 0.2) is 77.3 Å². The van der Waals surface area contributed by atoms with Gasteiger partial charge in [0.15, 0.2) is 0 Å². The van der Waals surface area contributed by atoms with Crippen molar-refractivity contribution in [2.75, 3.05) is 12.3 Å². The topological polar surface area (TPSA) is 49.4 Å². The Labute approximate surface area is 229 Å². The molecule has 0 fully saturated rings. The van der Waals surface area contributed by atoms with Crippen LogP contribution in [0.25, 0.3) is 0 Å². The summed E-state index contributed by atoms with van der Waals surface area (Å²) in [6.07, 6.45) is 0.427. The number of hydrogen-bond acceptors (Lipinski definition) is 3. The maximum Gasteiger partial charge on any atom is 0.243 e. The molecule has 0 bridgehead atoms. The Bertz CT molecular complexity index is 1110.